The summed E-state index contributed by atoms with van der Waals surface area (Å²) < 4.78 is 5.98. The molecule has 5 heteroatoms. The fourth-order valence-corrected chi connectivity index (χ4v) is 5.96. The molecule has 0 radical (unpaired) electrons. The SMILES string of the molecule is C=C(Nc1cc(C(C)(C)C)cc(CCCCC)c1OC)Nc1ccc(-c2ccc(CCCCNCCC)cc2)c2ccccc12.C=CN. The minimum atomic E-state index is 0.0208. The zero-order valence-corrected chi connectivity index (χ0v) is 30.5. The molecule has 0 heterocycles. The molecule has 258 valence electrons. The van der Waals surface area contributed by atoms with Crippen molar-refractivity contribution in [2.24, 2.45) is 5.73 Å². The van der Waals surface area contributed by atoms with Gasteiger partial charge in [-0.2, -0.15) is 0 Å². The number of ether oxygens (including phenoxy) is 1. The molecule has 4 aromatic carbocycles. The molecule has 0 bridgehead atoms. The van der Waals surface area contributed by atoms with Crippen LogP contribution in [0.5, 0.6) is 5.75 Å². The lowest BCUT2D eigenvalue weighted by Gasteiger charge is -2.25. The summed E-state index contributed by atoms with van der Waals surface area (Å²) in [4.78, 5) is 0. The zero-order chi connectivity index (χ0) is 34.9. The van der Waals surface area contributed by atoms with Crippen LogP contribution in [0.4, 0.5) is 11.4 Å². The first-order valence-corrected chi connectivity index (χ1v) is 17.8. The van der Waals surface area contributed by atoms with Crippen LogP contribution in [-0.4, -0.2) is 20.2 Å². The quantitative estimate of drug-likeness (QED) is 0.0858. The smallest absolute Gasteiger partial charge is 0.145 e. The Morgan fingerprint density at radius 1 is 0.792 bits per heavy atom. The monoisotopic (exact) mass is 648 g/mol. The maximum absolute atomic E-state index is 5.98. The molecular formula is C43H60N4O. The number of rotatable bonds is 17. The van der Waals surface area contributed by atoms with Crippen molar-refractivity contribution in [3.63, 3.8) is 0 Å². The molecule has 0 aliphatic rings. The first-order valence-electron chi connectivity index (χ1n) is 17.8. The van der Waals surface area contributed by atoms with Gasteiger partial charge in [0.25, 0.3) is 0 Å². The molecule has 0 spiro atoms. The van der Waals surface area contributed by atoms with Gasteiger partial charge in [-0.3, -0.25) is 0 Å². The van der Waals surface area contributed by atoms with Crippen LogP contribution < -0.4 is 26.4 Å². The predicted molar refractivity (Wildman–Crippen MR) is 211 cm³/mol. The Hall–Kier alpha value is -4.22. The van der Waals surface area contributed by atoms with E-state index < -0.39 is 0 Å². The number of methoxy groups -OCH3 is 1. The Labute approximate surface area is 291 Å². The van der Waals surface area contributed by atoms with Crippen LogP contribution in [0.2, 0.25) is 0 Å². The number of benzene rings is 4. The van der Waals surface area contributed by atoms with Crippen molar-refractivity contribution in [3.8, 4) is 16.9 Å². The third-order valence-electron chi connectivity index (χ3n) is 8.54. The number of unbranched alkanes of at least 4 members (excludes halogenated alkanes) is 3. The molecule has 0 saturated carbocycles. The second-order valence-corrected chi connectivity index (χ2v) is 13.5. The van der Waals surface area contributed by atoms with Gasteiger partial charge in [0.15, 0.2) is 0 Å². The fraction of sp³-hybridized carbons (Fsp3) is 0.395. The Balaban J connectivity index is 0.00000201. The molecule has 0 aliphatic carbocycles. The second kappa shape index (κ2) is 19.6. The molecule has 0 aliphatic heterocycles. The average Bonchev–Trinajstić information content (AvgIpc) is 3.07. The van der Waals surface area contributed by atoms with E-state index in [0.717, 1.165) is 54.9 Å². The molecular weight excluding hydrogens is 589 g/mol. The molecule has 5 nitrogen and oxygen atoms in total. The minimum absolute atomic E-state index is 0.0208. The Morgan fingerprint density at radius 2 is 1.46 bits per heavy atom. The van der Waals surface area contributed by atoms with Crippen molar-refractivity contribution < 1.29 is 4.74 Å². The molecule has 0 amide bonds. The standard InChI is InChI=1S/C41H55N3O.C2H5N/c1-8-10-11-17-33-28-34(41(4,5)6)29-39(40(33)45-7)44-30(3)43-38-25-24-35(36-18-12-13-19-37(36)38)32-22-20-31(21-23-32)16-14-15-27-42-26-9-2;1-2-3/h12-13,18-25,28-29,42-44H,3,8-11,14-17,26-27H2,1-2,4-7H3;2H,1,3H2. The normalized spacial score (nSPS) is 11.0. The Morgan fingerprint density at radius 3 is 2.10 bits per heavy atom. The lowest BCUT2D eigenvalue weighted by molar-refractivity contribution is 0.410. The maximum atomic E-state index is 5.98. The van der Waals surface area contributed by atoms with Gasteiger partial charge in [0.2, 0.25) is 0 Å². The summed E-state index contributed by atoms with van der Waals surface area (Å²) >= 11 is 0. The summed E-state index contributed by atoms with van der Waals surface area (Å²) in [7, 11) is 1.77. The third-order valence-corrected chi connectivity index (χ3v) is 8.54. The number of fused-ring (bicyclic) bond motifs is 1. The van der Waals surface area contributed by atoms with Crippen LogP contribution in [0.3, 0.4) is 0 Å². The molecule has 0 atom stereocenters. The van der Waals surface area contributed by atoms with Gasteiger partial charge in [0, 0.05) is 11.1 Å². The highest BCUT2D eigenvalue weighted by atomic mass is 16.5. The van der Waals surface area contributed by atoms with Crippen LogP contribution in [0.25, 0.3) is 21.9 Å². The lowest BCUT2D eigenvalue weighted by Crippen LogP contribution is -2.15. The van der Waals surface area contributed by atoms with Gasteiger partial charge < -0.3 is 26.4 Å². The molecule has 0 fully saturated rings. The highest BCUT2D eigenvalue weighted by Gasteiger charge is 2.20. The van der Waals surface area contributed by atoms with E-state index >= 15 is 0 Å². The predicted octanol–water partition coefficient (Wildman–Crippen LogP) is 11.0. The molecule has 5 N–H and O–H groups in total. The number of aryl methyl sites for hydroxylation is 2. The molecule has 0 aromatic heterocycles. The van der Waals surface area contributed by atoms with Crippen molar-refractivity contribution in [1.29, 1.82) is 0 Å². The van der Waals surface area contributed by atoms with Gasteiger partial charge in [-0.15, -0.1) is 0 Å². The van der Waals surface area contributed by atoms with Gasteiger partial charge in [-0.1, -0.05) is 121 Å². The van der Waals surface area contributed by atoms with E-state index in [1.807, 2.05) is 0 Å². The van der Waals surface area contributed by atoms with Crippen LogP contribution in [0, 0.1) is 0 Å². The van der Waals surface area contributed by atoms with E-state index in [1.165, 1.54) is 71.5 Å². The average molecular weight is 649 g/mol. The van der Waals surface area contributed by atoms with Crippen molar-refractivity contribution in [1.82, 2.24) is 5.32 Å². The number of nitrogens with one attached hydrogen (secondary N) is 3. The third kappa shape index (κ3) is 11.2. The van der Waals surface area contributed by atoms with Crippen molar-refractivity contribution in [2.75, 3.05) is 30.8 Å². The summed E-state index contributed by atoms with van der Waals surface area (Å²) in [6.07, 6.45) is 10.6. The highest BCUT2D eigenvalue weighted by Crippen LogP contribution is 2.38. The van der Waals surface area contributed by atoms with E-state index in [-0.39, 0.29) is 5.41 Å². The van der Waals surface area contributed by atoms with Crippen LogP contribution in [0.1, 0.15) is 89.8 Å². The first-order chi connectivity index (χ1) is 23.2. The second-order valence-electron chi connectivity index (χ2n) is 13.5. The summed E-state index contributed by atoms with van der Waals surface area (Å²) in [6, 6.07) is 26.7. The van der Waals surface area contributed by atoms with Gasteiger partial charge in [0.1, 0.15) is 11.6 Å². The van der Waals surface area contributed by atoms with E-state index in [1.54, 1.807) is 7.11 Å². The first kappa shape index (κ1) is 38.2. The van der Waals surface area contributed by atoms with Gasteiger partial charge >= 0.3 is 0 Å². The Bertz CT molecular complexity index is 1580. The summed E-state index contributed by atoms with van der Waals surface area (Å²) in [5.41, 5.74) is 13.0. The summed E-state index contributed by atoms with van der Waals surface area (Å²) in [6.45, 7) is 21.0. The minimum Gasteiger partial charge on any atom is -0.494 e. The number of nitrogens with two attached hydrogens (primary N) is 1. The topological polar surface area (TPSA) is 71.3 Å². The maximum Gasteiger partial charge on any atom is 0.145 e. The van der Waals surface area contributed by atoms with E-state index in [0.29, 0.717) is 5.82 Å². The highest BCUT2D eigenvalue weighted by molar-refractivity contribution is 6.03. The van der Waals surface area contributed by atoms with Crippen LogP contribution in [-0.2, 0) is 18.3 Å². The van der Waals surface area contributed by atoms with Crippen molar-refractivity contribution in [3.05, 3.63) is 115 Å². The number of hydrogen-bond acceptors (Lipinski definition) is 5. The lowest BCUT2D eigenvalue weighted by atomic mass is 9.85. The molecule has 48 heavy (non-hydrogen) atoms. The Kier molecular flexibility index (Phi) is 15.6. The number of hydrogen-bond donors (Lipinski definition) is 4. The zero-order valence-electron chi connectivity index (χ0n) is 30.5. The van der Waals surface area contributed by atoms with Crippen LogP contribution >= 0.6 is 0 Å². The summed E-state index contributed by atoms with van der Waals surface area (Å²) in [5.74, 6) is 1.62. The van der Waals surface area contributed by atoms with Gasteiger partial charge in [0.05, 0.1) is 12.8 Å². The van der Waals surface area contributed by atoms with E-state index in [4.69, 9.17) is 4.74 Å². The molecule has 4 rings (SSSR count). The molecule has 4 aromatic rings. The van der Waals surface area contributed by atoms with Crippen LogP contribution in [0.15, 0.2) is 98.0 Å². The van der Waals surface area contributed by atoms with Crippen molar-refractivity contribution >= 4 is 22.1 Å². The summed E-state index contributed by atoms with van der Waals surface area (Å²) in [5, 5.41) is 13.0. The number of anilines is 2. The van der Waals surface area contributed by atoms with E-state index in [2.05, 4.69) is 142 Å². The van der Waals surface area contributed by atoms with Gasteiger partial charge in [-0.25, -0.2) is 0 Å². The van der Waals surface area contributed by atoms with E-state index in [9.17, 15) is 0 Å². The van der Waals surface area contributed by atoms with Gasteiger partial charge in [-0.05, 0) is 109 Å². The van der Waals surface area contributed by atoms with Crippen molar-refractivity contribution in [2.45, 2.75) is 91.4 Å². The fourth-order valence-electron chi connectivity index (χ4n) is 5.96. The molecule has 0 saturated heterocycles. The largest absolute Gasteiger partial charge is 0.494 e. The molecule has 0 unspecified atom stereocenters.